The molecule has 0 saturated carbocycles. The highest BCUT2D eigenvalue weighted by molar-refractivity contribution is 6.99. The highest BCUT2D eigenvalue weighted by Crippen LogP contribution is 2.45. The molecule has 7 heteroatoms. The van der Waals surface area contributed by atoms with Crippen LogP contribution in [0.25, 0.3) is 11.3 Å². The molecule has 1 unspecified atom stereocenters. The number of fused-ring (bicyclic) bond motifs is 1. The average molecular weight is 601 g/mol. The molecular formula is C37H40N4O2Si. The third-order valence-electron chi connectivity index (χ3n) is 8.71. The van der Waals surface area contributed by atoms with Crippen LogP contribution in [-0.2, 0) is 10.8 Å². The fraction of sp³-hybridized carbons (Fsp3) is 0.243. The molecule has 0 radical (unpaired) electrons. The smallest absolute Gasteiger partial charge is 0.261 e. The van der Waals surface area contributed by atoms with E-state index in [0.717, 1.165) is 28.3 Å². The maximum Gasteiger partial charge on any atom is 0.261 e. The first-order chi connectivity index (χ1) is 21.1. The summed E-state index contributed by atoms with van der Waals surface area (Å²) in [6.07, 6.45) is 2.76. The second-order valence-electron chi connectivity index (χ2n) is 13.2. The zero-order valence-electron chi connectivity index (χ0n) is 25.9. The number of benzene rings is 3. The molecule has 1 aliphatic rings. The molecule has 5 aromatic rings. The number of para-hydroxylation sites is 1. The first-order valence-electron chi connectivity index (χ1n) is 15.2. The SMILES string of the molecule is CC1(CO[Si](c2ccccc2)(c2ccccc2)C(C)(C)C)CC(=O)c2c([nH]c(-c3ccnc(N)c3)c2Nc2ccccc2)C1. The van der Waals surface area contributed by atoms with E-state index in [4.69, 9.17) is 10.2 Å². The molecule has 44 heavy (non-hydrogen) atoms. The Morgan fingerprint density at radius 2 is 1.50 bits per heavy atom. The number of nitrogens with one attached hydrogen (secondary N) is 2. The third kappa shape index (κ3) is 5.49. The second kappa shape index (κ2) is 11.6. The van der Waals surface area contributed by atoms with E-state index in [0.29, 0.717) is 30.8 Å². The van der Waals surface area contributed by atoms with E-state index >= 15 is 0 Å². The Morgan fingerprint density at radius 3 is 2.07 bits per heavy atom. The molecule has 0 aliphatic heterocycles. The van der Waals surface area contributed by atoms with Crippen molar-refractivity contribution in [3.8, 4) is 11.3 Å². The maximum absolute atomic E-state index is 14.1. The molecule has 0 fully saturated rings. The van der Waals surface area contributed by atoms with Crippen LogP contribution in [0.4, 0.5) is 17.2 Å². The van der Waals surface area contributed by atoms with Crippen LogP contribution < -0.4 is 21.4 Å². The van der Waals surface area contributed by atoms with Crippen molar-refractivity contribution in [2.24, 2.45) is 5.41 Å². The average Bonchev–Trinajstić information content (AvgIpc) is 3.36. The van der Waals surface area contributed by atoms with Gasteiger partial charge in [0, 0.05) is 41.6 Å². The number of aromatic amines is 1. The van der Waals surface area contributed by atoms with Gasteiger partial charge in [0.2, 0.25) is 0 Å². The first-order valence-corrected chi connectivity index (χ1v) is 17.1. The van der Waals surface area contributed by atoms with Gasteiger partial charge in [0.1, 0.15) is 5.82 Å². The Bertz CT molecular complexity index is 1720. The van der Waals surface area contributed by atoms with Gasteiger partial charge in [-0.05, 0) is 46.1 Å². The van der Waals surface area contributed by atoms with Gasteiger partial charge in [-0.2, -0.15) is 0 Å². The van der Waals surface area contributed by atoms with Crippen molar-refractivity contribution in [2.75, 3.05) is 17.7 Å². The second-order valence-corrected chi connectivity index (χ2v) is 17.5. The lowest BCUT2D eigenvalue weighted by atomic mass is 9.75. The zero-order chi connectivity index (χ0) is 31.0. The number of Topliss-reactive ketones (excluding diaryl/α,β-unsaturated/α-hetero) is 1. The summed E-state index contributed by atoms with van der Waals surface area (Å²) in [6.45, 7) is 9.49. The number of nitrogens with zero attached hydrogens (tertiary/aromatic N) is 1. The fourth-order valence-electron chi connectivity index (χ4n) is 6.71. The van der Waals surface area contributed by atoms with Crippen LogP contribution in [0.15, 0.2) is 109 Å². The lowest BCUT2D eigenvalue weighted by molar-refractivity contribution is 0.0807. The number of carbonyl (C=O) groups is 1. The normalized spacial score (nSPS) is 16.9. The number of H-pyrrole nitrogens is 1. The Balaban J connectivity index is 1.40. The fourth-order valence-corrected chi connectivity index (χ4v) is 11.4. The Morgan fingerprint density at radius 1 is 0.909 bits per heavy atom. The highest BCUT2D eigenvalue weighted by Gasteiger charge is 2.51. The van der Waals surface area contributed by atoms with Crippen LogP contribution >= 0.6 is 0 Å². The number of rotatable bonds is 8. The van der Waals surface area contributed by atoms with Gasteiger partial charge in [-0.3, -0.25) is 4.79 Å². The van der Waals surface area contributed by atoms with E-state index in [9.17, 15) is 4.79 Å². The van der Waals surface area contributed by atoms with E-state index in [1.165, 1.54) is 10.4 Å². The number of pyridine rings is 1. The number of aromatic nitrogens is 2. The predicted molar refractivity (Wildman–Crippen MR) is 182 cm³/mol. The molecule has 0 bridgehead atoms. The van der Waals surface area contributed by atoms with Crippen molar-refractivity contribution in [3.63, 3.8) is 0 Å². The molecule has 1 aliphatic carbocycles. The summed E-state index contributed by atoms with van der Waals surface area (Å²) in [5.74, 6) is 0.526. The van der Waals surface area contributed by atoms with Crippen molar-refractivity contribution in [1.82, 2.24) is 9.97 Å². The molecule has 0 spiro atoms. The molecule has 3 aromatic carbocycles. The van der Waals surface area contributed by atoms with Gasteiger partial charge in [0.15, 0.2) is 5.78 Å². The minimum absolute atomic E-state index is 0.0998. The van der Waals surface area contributed by atoms with Crippen molar-refractivity contribution in [3.05, 3.63) is 121 Å². The van der Waals surface area contributed by atoms with Crippen LogP contribution in [0.2, 0.25) is 5.04 Å². The van der Waals surface area contributed by atoms with Gasteiger partial charge >= 0.3 is 0 Å². The Hall–Kier alpha value is -4.46. The van der Waals surface area contributed by atoms with E-state index in [-0.39, 0.29) is 10.8 Å². The van der Waals surface area contributed by atoms with Crippen LogP contribution in [0.5, 0.6) is 0 Å². The lowest BCUT2D eigenvalue weighted by Crippen LogP contribution is -2.67. The minimum atomic E-state index is -2.76. The van der Waals surface area contributed by atoms with Crippen LogP contribution in [0, 0.1) is 5.41 Å². The summed E-state index contributed by atoms with van der Waals surface area (Å²) in [5.41, 5.74) is 10.7. The molecule has 2 heterocycles. The molecule has 4 N–H and O–H groups in total. The summed E-state index contributed by atoms with van der Waals surface area (Å²) >= 11 is 0. The molecule has 224 valence electrons. The number of nitrogens with two attached hydrogens (primary N) is 1. The summed E-state index contributed by atoms with van der Waals surface area (Å²) < 4.78 is 7.34. The summed E-state index contributed by atoms with van der Waals surface area (Å²) in [5, 5.41) is 5.86. The van der Waals surface area contributed by atoms with Crippen molar-refractivity contribution in [2.45, 2.75) is 45.6 Å². The van der Waals surface area contributed by atoms with Gasteiger partial charge in [0.05, 0.1) is 16.9 Å². The van der Waals surface area contributed by atoms with Gasteiger partial charge in [-0.25, -0.2) is 4.98 Å². The standard InChI is InChI=1S/C37H40N4O2Si/c1-36(2,3)44(28-16-10-6-11-17-28,29-18-12-7-13-19-29)43-25-37(4)23-30-33(31(42)24-37)35(40-27-14-8-5-9-15-27)34(41-30)26-20-21-39-32(38)22-26/h5-22,40-41H,23-25H2,1-4H3,(H2,38,39). The van der Waals surface area contributed by atoms with Crippen molar-refractivity contribution in [1.29, 1.82) is 0 Å². The van der Waals surface area contributed by atoms with Crippen molar-refractivity contribution < 1.29 is 9.22 Å². The van der Waals surface area contributed by atoms with Crippen LogP contribution in [0.3, 0.4) is 0 Å². The molecule has 2 aromatic heterocycles. The van der Waals surface area contributed by atoms with E-state index in [2.05, 4.69) is 104 Å². The Labute approximate surface area is 260 Å². The van der Waals surface area contributed by atoms with E-state index in [1.54, 1.807) is 6.20 Å². The zero-order valence-corrected chi connectivity index (χ0v) is 26.9. The van der Waals surface area contributed by atoms with Crippen LogP contribution in [0.1, 0.15) is 50.2 Å². The van der Waals surface area contributed by atoms with Crippen molar-refractivity contribution >= 4 is 41.7 Å². The monoisotopic (exact) mass is 600 g/mol. The molecule has 1 atom stereocenters. The Kier molecular flexibility index (Phi) is 7.78. The van der Waals surface area contributed by atoms with Gasteiger partial charge in [-0.15, -0.1) is 0 Å². The number of hydrogen-bond donors (Lipinski definition) is 3. The first kappa shape index (κ1) is 29.6. The van der Waals surface area contributed by atoms with Crippen LogP contribution in [-0.4, -0.2) is 30.7 Å². The molecule has 6 nitrogen and oxygen atoms in total. The topological polar surface area (TPSA) is 93.0 Å². The molecule has 0 saturated heterocycles. The highest BCUT2D eigenvalue weighted by atomic mass is 28.4. The van der Waals surface area contributed by atoms with Gasteiger partial charge in [0.25, 0.3) is 8.32 Å². The van der Waals surface area contributed by atoms with E-state index < -0.39 is 13.7 Å². The molecule has 0 amide bonds. The number of carbonyl (C=O) groups excluding carboxylic acids is 1. The number of hydrogen-bond acceptors (Lipinski definition) is 5. The third-order valence-corrected chi connectivity index (χ3v) is 13.7. The predicted octanol–water partition coefficient (Wildman–Crippen LogP) is 7.11. The lowest BCUT2D eigenvalue weighted by Gasteiger charge is -2.45. The largest absolute Gasteiger partial charge is 0.407 e. The molecular weight excluding hydrogens is 561 g/mol. The van der Waals surface area contributed by atoms with Gasteiger partial charge in [-0.1, -0.05) is 107 Å². The van der Waals surface area contributed by atoms with Gasteiger partial charge < -0.3 is 20.5 Å². The summed E-state index contributed by atoms with van der Waals surface area (Å²) in [6, 6.07) is 35.0. The minimum Gasteiger partial charge on any atom is -0.407 e. The number of nitrogen functional groups attached to an aromatic ring is 1. The quantitative estimate of drug-likeness (QED) is 0.165. The molecule has 6 rings (SSSR count). The van der Waals surface area contributed by atoms with E-state index in [1.807, 2.05) is 42.5 Å². The maximum atomic E-state index is 14.1. The number of ketones is 1. The summed E-state index contributed by atoms with van der Waals surface area (Å²) in [7, 11) is -2.76. The summed E-state index contributed by atoms with van der Waals surface area (Å²) in [4.78, 5) is 22.0. The number of anilines is 3.